The molecule has 0 saturated carbocycles. The third kappa shape index (κ3) is 3.51. The van der Waals surface area contributed by atoms with Crippen molar-refractivity contribution in [3.05, 3.63) is 30.1 Å². The largest absolute Gasteiger partial charge is 0.305 e. The Kier molecular flexibility index (Phi) is 3.79. The second kappa shape index (κ2) is 5.14. The lowest BCUT2D eigenvalue weighted by atomic mass is 10.1. The number of sulfone groups is 1. The van der Waals surface area contributed by atoms with E-state index in [1.165, 1.54) is 0 Å². The molecular weight excluding hydrogens is 236 g/mol. The average Bonchev–Trinajstić information content (AvgIpc) is 2.29. The molecule has 1 aromatic rings. The molecule has 0 spiro atoms. The smallest absolute Gasteiger partial charge is 0.151 e. The molecule has 1 fully saturated rings. The van der Waals surface area contributed by atoms with E-state index < -0.39 is 9.84 Å². The van der Waals surface area contributed by atoms with Gasteiger partial charge in [-0.05, 0) is 31.9 Å². The first-order valence-electron chi connectivity index (χ1n) is 5.94. The van der Waals surface area contributed by atoms with Gasteiger partial charge in [0.25, 0.3) is 0 Å². The fourth-order valence-corrected chi connectivity index (χ4v) is 3.87. The molecule has 2 heterocycles. The summed E-state index contributed by atoms with van der Waals surface area (Å²) in [7, 11) is -2.84. The van der Waals surface area contributed by atoms with E-state index in [4.69, 9.17) is 0 Å². The topological polar surface area (TPSA) is 59.1 Å². The van der Waals surface area contributed by atoms with Crippen LogP contribution < -0.4 is 5.32 Å². The van der Waals surface area contributed by atoms with Crippen LogP contribution in [-0.2, 0) is 9.84 Å². The molecule has 1 aliphatic rings. The van der Waals surface area contributed by atoms with Crippen molar-refractivity contribution in [2.75, 3.05) is 11.5 Å². The van der Waals surface area contributed by atoms with Crippen LogP contribution in [0, 0.1) is 0 Å². The summed E-state index contributed by atoms with van der Waals surface area (Å²) in [5.41, 5.74) is 0.954. The summed E-state index contributed by atoms with van der Waals surface area (Å²) in [5, 5.41) is 3.35. The Morgan fingerprint density at radius 2 is 2.29 bits per heavy atom. The second-order valence-corrected chi connectivity index (χ2v) is 6.83. The van der Waals surface area contributed by atoms with E-state index in [-0.39, 0.29) is 17.8 Å². The van der Waals surface area contributed by atoms with Crippen LogP contribution in [0.5, 0.6) is 0 Å². The summed E-state index contributed by atoms with van der Waals surface area (Å²) < 4.78 is 23.0. The van der Waals surface area contributed by atoms with E-state index in [9.17, 15) is 8.42 Å². The Morgan fingerprint density at radius 1 is 1.47 bits per heavy atom. The Morgan fingerprint density at radius 3 is 2.94 bits per heavy atom. The first kappa shape index (κ1) is 12.5. The lowest BCUT2D eigenvalue weighted by Crippen LogP contribution is -2.41. The normalized spacial score (nSPS) is 25.4. The number of pyridine rings is 1. The fraction of sp³-hybridized carbons (Fsp3) is 0.583. The van der Waals surface area contributed by atoms with Crippen molar-refractivity contribution in [2.45, 2.75) is 31.8 Å². The highest BCUT2D eigenvalue weighted by Gasteiger charge is 2.25. The summed E-state index contributed by atoms with van der Waals surface area (Å²) in [6.45, 7) is 2.02. The monoisotopic (exact) mass is 254 g/mol. The molecule has 1 saturated heterocycles. The Hall–Kier alpha value is -0.940. The summed E-state index contributed by atoms with van der Waals surface area (Å²) in [4.78, 5) is 4.27. The fourth-order valence-electron chi connectivity index (χ4n) is 2.23. The SMILES string of the molecule is C[C@H](NC1CCCS(=O)(=O)C1)c1ccccn1. The number of rotatable bonds is 3. The van der Waals surface area contributed by atoms with Gasteiger partial charge in [0.2, 0.25) is 0 Å². The number of hydrogen-bond acceptors (Lipinski definition) is 4. The molecule has 17 heavy (non-hydrogen) atoms. The zero-order valence-corrected chi connectivity index (χ0v) is 10.8. The molecule has 0 bridgehead atoms. The van der Waals surface area contributed by atoms with Gasteiger partial charge >= 0.3 is 0 Å². The number of hydrogen-bond donors (Lipinski definition) is 1. The lowest BCUT2D eigenvalue weighted by Gasteiger charge is -2.26. The van der Waals surface area contributed by atoms with Crippen LogP contribution in [0.4, 0.5) is 0 Å². The third-order valence-corrected chi connectivity index (χ3v) is 4.90. The van der Waals surface area contributed by atoms with E-state index >= 15 is 0 Å². The minimum absolute atomic E-state index is 0.0609. The van der Waals surface area contributed by atoms with Gasteiger partial charge < -0.3 is 5.32 Å². The second-order valence-electron chi connectivity index (χ2n) is 4.60. The first-order chi connectivity index (χ1) is 8.07. The minimum Gasteiger partial charge on any atom is -0.305 e. The van der Waals surface area contributed by atoms with Crippen LogP contribution in [0.3, 0.4) is 0 Å². The van der Waals surface area contributed by atoms with Crippen LogP contribution in [0.15, 0.2) is 24.4 Å². The van der Waals surface area contributed by atoms with Crippen molar-refractivity contribution < 1.29 is 8.42 Å². The molecule has 5 heteroatoms. The molecule has 1 N–H and O–H groups in total. The van der Waals surface area contributed by atoms with Crippen molar-refractivity contribution >= 4 is 9.84 Å². The van der Waals surface area contributed by atoms with Gasteiger partial charge in [-0.3, -0.25) is 4.98 Å². The molecule has 0 aliphatic carbocycles. The van der Waals surface area contributed by atoms with Crippen molar-refractivity contribution in [3.63, 3.8) is 0 Å². The molecular formula is C12H18N2O2S. The van der Waals surface area contributed by atoms with Crippen molar-refractivity contribution in [1.82, 2.24) is 10.3 Å². The summed E-state index contributed by atoms with van der Waals surface area (Å²) >= 11 is 0. The lowest BCUT2D eigenvalue weighted by molar-refractivity contribution is 0.433. The van der Waals surface area contributed by atoms with Gasteiger partial charge in [0.15, 0.2) is 9.84 Å². The van der Waals surface area contributed by atoms with Crippen LogP contribution in [0.25, 0.3) is 0 Å². The van der Waals surface area contributed by atoms with Gasteiger partial charge in [-0.2, -0.15) is 0 Å². The van der Waals surface area contributed by atoms with Crippen molar-refractivity contribution in [1.29, 1.82) is 0 Å². The van der Waals surface area contributed by atoms with Crippen molar-refractivity contribution in [2.24, 2.45) is 0 Å². The average molecular weight is 254 g/mol. The molecule has 94 valence electrons. The Bertz CT molecular complexity index is 459. The van der Waals surface area contributed by atoms with Gasteiger partial charge in [-0.15, -0.1) is 0 Å². The maximum atomic E-state index is 11.5. The third-order valence-electron chi connectivity index (χ3n) is 3.08. The Labute approximate surface area is 102 Å². The number of nitrogens with zero attached hydrogens (tertiary/aromatic N) is 1. The van der Waals surface area contributed by atoms with E-state index in [2.05, 4.69) is 10.3 Å². The van der Waals surface area contributed by atoms with Gasteiger partial charge in [-0.25, -0.2) is 8.42 Å². The summed E-state index contributed by atoms with van der Waals surface area (Å²) in [6.07, 6.45) is 3.44. The minimum atomic E-state index is -2.84. The van der Waals surface area contributed by atoms with Gasteiger partial charge in [-0.1, -0.05) is 6.07 Å². The zero-order chi connectivity index (χ0) is 12.3. The molecule has 0 aromatic carbocycles. The zero-order valence-electron chi connectivity index (χ0n) is 9.96. The molecule has 2 atom stereocenters. The van der Waals surface area contributed by atoms with E-state index in [0.29, 0.717) is 5.75 Å². The number of aromatic nitrogens is 1. The summed E-state index contributed by atoms with van der Waals surface area (Å²) in [6, 6.07) is 5.93. The van der Waals surface area contributed by atoms with Crippen LogP contribution >= 0.6 is 0 Å². The molecule has 4 nitrogen and oxygen atoms in total. The predicted molar refractivity (Wildman–Crippen MR) is 67.5 cm³/mol. The molecule has 0 amide bonds. The van der Waals surface area contributed by atoms with Gasteiger partial charge in [0, 0.05) is 18.3 Å². The van der Waals surface area contributed by atoms with E-state index in [1.807, 2.05) is 25.1 Å². The molecule has 0 radical (unpaired) electrons. The predicted octanol–water partition coefficient (Wildman–Crippen LogP) is 1.31. The quantitative estimate of drug-likeness (QED) is 0.883. The summed E-state index contributed by atoms with van der Waals surface area (Å²) in [5.74, 6) is 0.591. The first-order valence-corrected chi connectivity index (χ1v) is 7.76. The highest BCUT2D eigenvalue weighted by Crippen LogP contribution is 2.16. The van der Waals surface area contributed by atoms with Gasteiger partial charge in [0.05, 0.1) is 17.2 Å². The molecule has 2 rings (SSSR count). The Balaban J connectivity index is 1.97. The molecule has 1 aliphatic heterocycles. The maximum absolute atomic E-state index is 11.5. The highest BCUT2D eigenvalue weighted by molar-refractivity contribution is 7.91. The molecule has 1 unspecified atom stereocenters. The van der Waals surface area contributed by atoms with Crippen LogP contribution in [-0.4, -0.2) is 30.9 Å². The van der Waals surface area contributed by atoms with Crippen molar-refractivity contribution in [3.8, 4) is 0 Å². The maximum Gasteiger partial charge on any atom is 0.151 e. The standard InChI is InChI=1S/C12H18N2O2S/c1-10(12-6-2-3-7-13-12)14-11-5-4-8-17(15,16)9-11/h2-3,6-7,10-11,14H,4-5,8-9H2,1H3/t10-,11?/m0/s1. The van der Waals surface area contributed by atoms with Crippen LogP contribution in [0.2, 0.25) is 0 Å². The van der Waals surface area contributed by atoms with E-state index in [1.54, 1.807) is 6.20 Å². The highest BCUT2D eigenvalue weighted by atomic mass is 32.2. The number of nitrogens with one attached hydrogen (secondary N) is 1. The van der Waals surface area contributed by atoms with Gasteiger partial charge in [0.1, 0.15) is 0 Å². The van der Waals surface area contributed by atoms with Crippen LogP contribution in [0.1, 0.15) is 31.5 Å². The van der Waals surface area contributed by atoms with E-state index in [0.717, 1.165) is 18.5 Å². The molecule has 1 aromatic heterocycles.